The van der Waals surface area contributed by atoms with Crippen LogP contribution >= 0.6 is 0 Å². The minimum absolute atomic E-state index is 0.0266. The predicted octanol–water partition coefficient (Wildman–Crippen LogP) is 4.06. The molecule has 4 N–H and O–H groups in total. The number of aliphatic hydroxyl groups is 1. The number of aliphatic hydroxyl groups excluding tert-OH is 1. The van der Waals surface area contributed by atoms with Crippen molar-refractivity contribution in [3.8, 4) is 17.2 Å². The number of nitriles is 1. The Labute approximate surface area is 228 Å². The van der Waals surface area contributed by atoms with Crippen LogP contribution in [0, 0.1) is 17.2 Å². The highest BCUT2D eigenvalue weighted by molar-refractivity contribution is 5.91. The smallest absolute Gasteiger partial charge is 0.258 e. The first-order valence-electron chi connectivity index (χ1n) is 13.5. The second-order valence-corrected chi connectivity index (χ2v) is 11.1. The van der Waals surface area contributed by atoms with Crippen LogP contribution in [0.1, 0.15) is 63.1 Å². The second kappa shape index (κ2) is 11.4. The Balaban J connectivity index is 1.60. The molecule has 2 aromatic rings. The maximum absolute atomic E-state index is 14.7. The molecule has 2 fully saturated rings. The number of nitrogens with two attached hydrogens (primary N) is 1. The van der Waals surface area contributed by atoms with Crippen molar-refractivity contribution in [2.45, 2.75) is 75.4 Å². The average Bonchev–Trinajstić information content (AvgIpc) is 3.84. The van der Waals surface area contributed by atoms with Crippen LogP contribution in [0.4, 0.5) is 8.78 Å². The Hall–Kier alpha value is -3.35. The fourth-order valence-electron chi connectivity index (χ4n) is 5.51. The standard InChI is InChI=1S/C30H36F2N4O3/c1-19(2)17-24(27(34)38)36(29(18-33)11-12-29)25(26(31)32)22-5-3-20(4-6-22)21-7-9-23(10-8-21)30(13-14-30)28(39)35-15-16-37/h3-10,19,24-26,37H,11-17H2,1-2H3,(H2,34,38)(H,35,39)/t24-,25-/m0/s1. The molecule has 0 aromatic heterocycles. The molecule has 0 radical (unpaired) electrons. The predicted molar refractivity (Wildman–Crippen MR) is 143 cm³/mol. The maximum atomic E-state index is 14.7. The van der Waals surface area contributed by atoms with Crippen molar-refractivity contribution in [1.29, 1.82) is 5.26 Å². The third kappa shape index (κ3) is 5.82. The average molecular weight is 539 g/mol. The largest absolute Gasteiger partial charge is 0.395 e. The van der Waals surface area contributed by atoms with E-state index in [9.17, 15) is 23.6 Å². The lowest BCUT2D eigenvalue weighted by molar-refractivity contribution is -0.128. The van der Waals surface area contributed by atoms with Crippen molar-refractivity contribution in [2.75, 3.05) is 13.2 Å². The van der Waals surface area contributed by atoms with Crippen LogP contribution in [0.15, 0.2) is 48.5 Å². The van der Waals surface area contributed by atoms with Crippen LogP contribution in [0.5, 0.6) is 0 Å². The van der Waals surface area contributed by atoms with E-state index < -0.39 is 35.4 Å². The van der Waals surface area contributed by atoms with Crippen LogP contribution < -0.4 is 11.1 Å². The minimum atomic E-state index is -2.83. The van der Waals surface area contributed by atoms with E-state index in [1.165, 1.54) is 4.90 Å². The van der Waals surface area contributed by atoms with Gasteiger partial charge in [0.2, 0.25) is 11.8 Å². The molecule has 9 heteroatoms. The number of amides is 2. The summed E-state index contributed by atoms with van der Waals surface area (Å²) >= 11 is 0. The van der Waals surface area contributed by atoms with E-state index in [2.05, 4.69) is 11.4 Å². The number of nitrogens with one attached hydrogen (secondary N) is 1. The number of hydrogen-bond acceptors (Lipinski definition) is 5. The number of hydrogen-bond donors (Lipinski definition) is 3. The molecule has 2 amide bonds. The van der Waals surface area contributed by atoms with Gasteiger partial charge in [0.1, 0.15) is 5.54 Å². The molecular weight excluding hydrogens is 502 g/mol. The topological polar surface area (TPSA) is 119 Å². The third-order valence-electron chi connectivity index (χ3n) is 7.93. The summed E-state index contributed by atoms with van der Waals surface area (Å²) in [7, 11) is 0. The second-order valence-electron chi connectivity index (χ2n) is 11.1. The Kier molecular flexibility index (Phi) is 8.38. The van der Waals surface area contributed by atoms with E-state index >= 15 is 0 Å². The van der Waals surface area contributed by atoms with Crippen LogP contribution in [-0.4, -0.2) is 53.0 Å². The van der Waals surface area contributed by atoms with Gasteiger partial charge in [0.15, 0.2) is 0 Å². The molecule has 0 spiro atoms. The zero-order valence-electron chi connectivity index (χ0n) is 22.4. The zero-order chi connectivity index (χ0) is 28.4. The van der Waals surface area contributed by atoms with Gasteiger partial charge in [-0.25, -0.2) is 8.78 Å². The first-order valence-corrected chi connectivity index (χ1v) is 13.5. The normalized spacial score (nSPS) is 18.4. The molecule has 0 aliphatic heterocycles. The number of primary amides is 1. The lowest BCUT2D eigenvalue weighted by atomic mass is 9.91. The number of rotatable bonds is 13. The number of carbonyl (C=O) groups excluding carboxylic acids is 2. The van der Waals surface area contributed by atoms with Gasteiger partial charge in [-0.05, 0) is 60.3 Å². The first-order chi connectivity index (χ1) is 18.6. The number of benzene rings is 2. The highest BCUT2D eigenvalue weighted by Gasteiger charge is 2.56. The Bertz CT molecular complexity index is 1220. The van der Waals surface area contributed by atoms with Gasteiger partial charge in [0.05, 0.1) is 30.2 Å². The summed E-state index contributed by atoms with van der Waals surface area (Å²) in [5.41, 5.74) is 6.91. The van der Waals surface area contributed by atoms with Gasteiger partial charge in [-0.15, -0.1) is 0 Å². The molecule has 2 aliphatic rings. The van der Waals surface area contributed by atoms with Crippen LogP contribution in [0.25, 0.3) is 11.1 Å². The van der Waals surface area contributed by atoms with Crippen LogP contribution in [-0.2, 0) is 15.0 Å². The van der Waals surface area contributed by atoms with Gasteiger partial charge in [-0.3, -0.25) is 14.5 Å². The van der Waals surface area contributed by atoms with Crippen molar-refractivity contribution >= 4 is 11.8 Å². The quantitative estimate of drug-likeness (QED) is 0.355. The lowest BCUT2D eigenvalue weighted by Gasteiger charge is -2.40. The van der Waals surface area contributed by atoms with Crippen LogP contribution in [0.3, 0.4) is 0 Å². The summed E-state index contributed by atoms with van der Waals surface area (Å²) < 4.78 is 29.3. The van der Waals surface area contributed by atoms with Crippen molar-refractivity contribution in [2.24, 2.45) is 11.7 Å². The van der Waals surface area contributed by atoms with Gasteiger partial charge < -0.3 is 16.2 Å². The van der Waals surface area contributed by atoms with E-state index in [1.807, 2.05) is 38.1 Å². The summed E-state index contributed by atoms with van der Waals surface area (Å²) in [4.78, 5) is 26.4. The molecule has 2 atom stereocenters. The number of carbonyl (C=O) groups is 2. The van der Waals surface area contributed by atoms with Gasteiger partial charge in [0.25, 0.3) is 6.43 Å². The lowest BCUT2D eigenvalue weighted by Crippen LogP contribution is -2.54. The van der Waals surface area contributed by atoms with E-state index in [1.54, 1.807) is 24.3 Å². The molecule has 0 saturated heterocycles. The molecule has 2 saturated carbocycles. The highest BCUT2D eigenvalue weighted by atomic mass is 19.3. The molecule has 39 heavy (non-hydrogen) atoms. The van der Waals surface area contributed by atoms with Gasteiger partial charge in [-0.2, -0.15) is 5.26 Å². The van der Waals surface area contributed by atoms with Gasteiger partial charge in [0, 0.05) is 6.54 Å². The minimum Gasteiger partial charge on any atom is -0.395 e. The monoisotopic (exact) mass is 538 g/mol. The molecule has 2 aliphatic carbocycles. The zero-order valence-corrected chi connectivity index (χ0v) is 22.4. The molecule has 0 bridgehead atoms. The summed E-state index contributed by atoms with van der Waals surface area (Å²) in [5, 5.41) is 21.7. The van der Waals surface area contributed by atoms with E-state index in [4.69, 9.17) is 10.8 Å². The van der Waals surface area contributed by atoms with Crippen molar-refractivity contribution < 1.29 is 23.5 Å². The molecule has 0 unspecified atom stereocenters. The molecule has 0 heterocycles. The van der Waals surface area contributed by atoms with Crippen molar-refractivity contribution in [1.82, 2.24) is 10.2 Å². The maximum Gasteiger partial charge on any atom is 0.258 e. The molecule has 4 rings (SSSR count). The van der Waals surface area contributed by atoms with E-state index in [0.29, 0.717) is 18.4 Å². The number of halogens is 2. The van der Waals surface area contributed by atoms with E-state index in [0.717, 1.165) is 29.5 Å². The van der Waals surface area contributed by atoms with Crippen LogP contribution in [0.2, 0.25) is 0 Å². The van der Waals surface area contributed by atoms with Gasteiger partial charge in [-0.1, -0.05) is 62.4 Å². The summed E-state index contributed by atoms with van der Waals surface area (Å²) in [6, 6.07) is 14.1. The summed E-state index contributed by atoms with van der Waals surface area (Å²) in [6.07, 6.45) is -0.223. The molecule has 7 nitrogen and oxygen atoms in total. The fraction of sp³-hybridized carbons (Fsp3) is 0.500. The molecular formula is C30H36F2N4O3. The Morgan fingerprint density at radius 3 is 2.03 bits per heavy atom. The molecule has 2 aromatic carbocycles. The number of alkyl halides is 2. The molecule has 208 valence electrons. The summed E-state index contributed by atoms with van der Waals surface area (Å²) in [6.45, 7) is 3.89. The number of nitrogens with zero attached hydrogens (tertiary/aromatic N) is 2. The fourth-order valence-corrected chi connectivity index (χ4v) is 5.51. The third-order valence-corrected chi connectivity index (χ3v) is 7.93. The highest BCUT2D eigenvalue weighted by Crippen LogP contribution is 2.50. The Morgan fingerprint density at radius 2 is 1.62 bits per heavy atom. The first kappa shape index (κ1) is 28.7. The summed E-state index contributed by atoms with van der Waals surface area (Å²) in [5.74, 6) is -0.765. The SMILES string of the molecule is CC(C)C[C@@H](C(N)=O)N([C@@H](c1ccc(-c2ccc(C3(C(=O)NCCO)CC3)cc2)cc1)C(F)F)C1(C#N)CC1. The van der Waals surface area contributed by atoms with Crippen molar-refractivity contribution in [3.63, 3.8) is 0 Å². The van der Waals surface area contributed by atoms with Gasteiger partial charge >= 0.3 is 0 Å². The Morgan fingerprint density at radius 1 is 1.05 bits per heavy atom. The van der Waals surface area contributed by atoms with Crippen molar-refractivity contribution in [3.05, 3.63) is 59.7 Å². The van der Waals surface area contributed by atoms with E-state index in [-0.39, 0.29) is 31.4 Å².